The lowest BCUT2D eigenvalue weighted by molar-refractivity contribution is -0.0426. The molecule has 1 amide bonds. The number of hydrogen-bond acceptors (Lipinski definition) is 5. The molecule has 15 heavy (non-hydrogen) atoms. The van der Waals surface area contributed by atoms with Crippen LogP contribution in [0.1, 0.15) is 22.2 Å². The second kappa shape index (κ2) is 3.02. The fraction of sp³-hybridized carbons (Fsp3) is 0.125. The Labute approximate surface area is 85.2 Å². The molecule has 0 spiro atoms. The van der Waals surface area contributed by atoms with Crippen molar-refractivity contribution in [2.24, 2.45) is 0 Å². The van der Waals surface area contributed by atoms with Gasteiger partial charge in [0.05, 0.1) is 5.56 Å². The number of aliphatic hydroxyl groups is 2. The Bertz CT molecular complexity index is 534. The molecular weight excluding hydrogens is 222 g/mol. The summed E-state index contributed by atoms with van der Waals surface area (Å²) in [5.41, 5.74) is 0.0354. The normalized spacial score (nSPS) is 17.7. The summed E-state index contributed by atoms with van der Waals surface area (Å²) in [7, 11) is -3.83. The van der Waals surface area contributed by atoms with Gasteiger partial charge in [-0.2, -0.15) is 0 Å². The van der Waals surface area contributed by atoms with Crippen LogP contribution in [0.15, 0.2) is 23.1 Å². The smallest absolute Gasteiger partial charge is 0.266 e. The molecule has 1 heterocycles. The van der Waals surface area contributed by atoms with Gasteiger partial charge in [0.2, 0.25) is 0 Å². The number of rotatable bonds is 1. The quantitative estimate of drug-likeness (QED) is 0.541. The van der Waals surface area contributed by atoms with E-state index in [2.05, 4.69) is 0 Å². The lowest BCUT2D eigenvalue weighted by Gasteiger charge is -2.04. The molecule has 0 radical (unpaired) electrons. The molecule has 0 bridgehead atoms. The van der Waals surface area contributed by atoms with Crippen molar-refractivity contribution in [3.63, 3.8) is 0 Å². The SMILES string of the molecule is O=C1NS(=O)(=O)c2cc(C(O)O)ccc21. The van der Waals surface area contributed by atoms with Crippen molar-refractivity contribution < 1.29 is 23.4 Å². The first-order valence-corrected chi connectivity index (χ1v) is 5.47. The van der Waals surface area contributed by atoms with Gasteiger partial charge in [-0.1, -0.05) is 6.07 Å². The molecule has 0 aromatic heterocycles. The summed E-state index contributed by atoms with van der Waals surface area (Å²) in [6.45, 7) is 0. The number of fused-ring (bicyclic) bond motifs is 1. The van der Waals surface area contributed by atoms with E-state index in [4.69, 9.17) is 10.2 Å². The maximum Gasteiger partial charge on any atom is 0.266 e. The van der Waals surface area contributed by atoms with E-state index in [9.17, 15) is 13.2 Å². The van der Waals surface area contributed by atoms with Crippen LogP contribution in [0.25, 0.3) is 0 Å². The van der Waals surface area contributed by atoms with Crippen LogP contribution in [-0.4, -0.2) is 24.5 Å². The van der Waals surface area contributed by atoms with Crippen molar-refractivity contribution in [2.75, 3.05) is 0 Å². The van der Waals surface area contributed by atoms with Crippen molar-refractivity contribution in [1.82, 2.24) is 4.72 Å². The van der Waals surface area contributed by atoms with Crippen molar-refractivity contribution in [2.45, 2.75) is 11.2 Å². The van der Waals surface area contributed by atoms with Gasteiger partial charge < -0.3 is 10.2 Å². The number of aliphatic hydroxyl groups excluding tert-OH is 1. The van der Waals surface area contributed by atoms with Gasteiger partial charge in [-0.25, -0.2) is 13.1 Å². The Balaban J connectivity index is 2.68. The largest absolute Gasteiger partial charge is 0.364 e. The number of benzene rings is 1. The van der Waals surface area contributed by atoms with Gasteiger partial charge in [0.1, 0.15) is 4.90 Å². The van der Waals surface area contributed by atoms with Gasteiger partial charge in [-0.15, -0.1) is 0 Å². The average molecular weight is 229 g/mol. The molecule has 1 aliphatic heterocycles. The number of hydrogen-bond donors (Lipinski definition) is 3. The average Bonchev–Trinajstić information content (AvgIpc) is 2.37. The van der Waals surface area contributed by atoms with E-state index in [-0.39, 0.29) is 16.0 Å². The standard InChI is InChI=1S/C8H7NO5S/c10-7-5-2-1-4(8(11)12)3-6(5)15(13,14)9-7/h1-3,8,11-12H,(H,9,10). The van der Waals surface area contributed by atoms with E-state index in [1.54, 1.807) is 4.72 Å². The minimum Gasteiger partial charge on any atom is -0.364 e. The van der Waals surface area contributed by atoms with Crippen molar-refractivity contribution in [3.05, 3.63) is 29.3 Å². The fourth-order valence-electron chi connectivity index (χ4n) is 1.34. The second-order valence-corrected chi connectivity index (χ2v) is 4.71. The van der Waals surface area contributed by atoms with Crippen LogP contribution in [0.4, 0.5) is 0 Å². The predicted molar refractivity (Wildman–Crippen MR) is 48.3 cm³/mol. The Hall–Kier alpha value is -1.44. The van der Waals surface area contributed by atoms with Crippen LogP contribution in [0.2, 0.25) is 0 Å². The number of carbonyl (C=O) groups is 1. The lowest BCUT2D eigenvalue weighted by atomic mass is 10.1. The first-order chi connectivity index (χ1) is 6.92. The summed E-state index contributed by atoms with van der Waals surface area (Å²) in [6.07, 6.45) is -1.76. The minimum atomic E-state index is -3.83. The highest BCUT2D eigenvalue weighted by Crippen LogP contribution is 2.25. The van der Waals surface area contributed by atoms with Gasteiger partial charge in [-0.3, -0.25) is 4.79 Å². The van der Waals surface area contributed by atoms with Crippen LogP contribution < -0.4 is 4.72 Å². The maximum atomic E-state index is 11.3. The third-order valence-corrected chi connectivity index (χ3v) is 3.44. The summed E-state index contributed by atoms with van der Waals surface area (Å²) >= 11 is 0. The zero-order valence-corrected chi connectivity index (χ0v) is 8.15. The van der Waals surface area contributed by atoms with E-state index in [0.29, 0.717) is 0 Å². The monoisotopic (exact) mass is 229 g/mol. The van der Waals surface area contributed by atoms with Gasteiger partial charge in [0.15, 0.2) is 6.29 Å². The van der Waals surface area contributed by atoms with Gasteiger partial charge in [-0.05, 0) is 12.1 Å². The van der Waals surface area contributed by atoms with E-state index < -0.39 is 22.2 Å². The predicted octanol–water partition coefficient (Wildman–Crippen LogP) is -0.898. The molecule has 0 aliphatic carbocycles. The van der Waals surface area contributed by atoms with Crippen molar-refractivity contribution in [1.29, 1.82) is 0 Å². The van der Waals surface area contributed by atoms with Crippen LogP contribution in [0.3, 0.4) is 0 Å². The van der Waals surface area contributed by atoms with E-state index in [1.165, 1.54) is 12.1 Å². The molecule has 3 N–H and O–H groups in total. The van der Waals surface area contributed by atoms with Crippen LogP contribution in [0, 0.1) is 0 Å². The summed E-state index contributed by atoms with van der Waals surface area (Å²) in [5, 5.41) is 17.7. The van der Waals surface area contributed by atoms with Gasteiger partial charge in [0.25, 0.3) is 15.9 Å². The fourth-order valence-corrected chi connectivity index (χ4v) is 2.55. The zero-order valence-electron chi connectivity index (χ0n) is 7.34. The molecule has 0 unspecified atom stereocenters. The number of nitrogens with one attached hydrogen (secondary N) is 1. The van der Waals surface area contributed by atoms with Gasteiger partial charge in [0, 0.05) is 5.56 Å². The summed E-state index contributed by atoms with van der Waals surface area (Å²) < 4.78 is 24.5. The topological polar surface area (TPSA) is 104 Å². The lowest BCUT2D eigenvalue weighted by Crippen LogP contribution is -2.20. The molecule has 7 heteroatoms. The molecule has 6 nitrogen and oxygen atoms in total. The van der Waals surface area contributed by atoms with Crippen LogP contribution in [-0.2, 0) is 10.0 Å². The first-order valence-electron chi connectivity index (χ1n) is 3.99. The van der Waals surface area contributed by atoms with E-state index in [1.807, 2.05) is 0 Å². The molecule has 0 fully saturated rings. The third-order valence-electron chi connectivity index (χ3n) is 2.07. The number of carbonyl (C=O) groups excluding carboxylic acids is 1. The number of amides is 1. The van der Waals surface area contributed by atoms with Gasteiger partial charge >= 0.3 is 0 Å². The van der Waals surface area contributed by atoms with Crippen molar-refractivity contribution >= 4 is 15.9 Å². The van der Waals surface area contributed by atoms with Crippen molar-refractivity contribution in [3.8, 4) is 0 Å². The highest BCUT2D eigenvalue weighted by Gasteiger charge is 2.32. The Morgan fingerprint density at radius 1 is 1.27 bits per heavy atom. The molecule has 80 valence electrons. The molecule has 2 rings (SSSR count). The Kier molecular flexibility index (Phi) is 2.03. The first kappa shape index (κ1) is 10.1. The molecular formula is C8H7NO5S. The second-order valence-electron chi connectivity index (χ2n) is 3.06. The molecule has 0 saturated carbocycles. The van der Waals surface area contributed by atoms with E-state index in [0.717, 1.165) is 6.07 Å². The summed E-state index contributed by atoms with van der Waals surface area (Å²) in [6, 6.07) is 3.58. The molecule has 1 aromatic carbocycles. The summed E-state index contributed by atoms with van der Waals surface area (Å²) in [5.74, 6) is -0.705. The zero-order chi connectivity index (χ0) is 11.2. The Morgan fingerprint density at radius 2 is 1.93 bits per heavy atom. The minimum absolute atomic E-state index is 0.0133. The number of sulfonamides is 1. The van der Waals surface area contributed by atoms with E-state index >= 15 is 0 Å². The van der Waals surface area contributed by atoms with Crippen LogP contribution in [0.5, 0.6) is 0 Å². The molecule has 0 atom stereocenters. The third kappa shape index (κ3) is 1.50. The highest BCUT2D eigenvalue weighted by molar-refractivity contribution is 7.90. The maximum absolute atomic E-state index is 11.3. The highest BCUT2D eigenvalue weighted by atomic mass is 32.2. The van der Waals surface area contributed by atoms with Crippen LogP contribution >= 0.6 is 0 Å². The molecule has 0 saturated heterocycles. The molecule has 1 aliphatic rings. The summed E-state index contributed by atoms with van der Waals surface area (Å²) in [4.78, 5) is 10.9. The molecule has 1 aromatic rings. The Morgan fingerprint density at radius 3 is 2.53 bits per heavy atom.